The molecule has 0 unspecified atom stereocenters. The van der Waals surface area contributed by atoms with Crippen LogP contribution in [0.2, 0.25) is 0 Å². The van der Waals surface area contributed by atoms with Gasteiger partial charge in [-0.05, 0) is 71.0 Å². The molecule has 16 heteroatoms. The minimum absolute atomic E-state index is 0.0777. The molecule has 2 amide bonds. The quantitative estimate of drug-likeness (QED) is 0.466. The van der Waals surface area contributed by atoms with Crippen LogP contribution in [0.1, 0.15) is 46.6 Å². The molecule has 226 valence electrons. The van der Waals surface area contributed by atoms with E-state index in [4.69, 9.17) is 9.47 Å². The summed E-state index contributed by atoms with van der Waals surface area (Å²) in [5.74, 6) is -1.04. The third-order valence-electron chi connectivity index (χ3n) is 5.58. The first kappa shape index (κ1) is 32.0. The second kappa shape index (κ2) is 11.4. The molecule has 2 N–H and O–H groups in total. The molecule has 0 bridgehead atoms. The number of carbonyl (C=O) groups is 2. The Kier molecular flexibility index (Phi) is 8.89. The molecule has 1 atom stereocenters. The fourth-order valence-electron chi connectivity index (χ4n) is 3.63. The SMILES string of the molecule is CC(C)S(=O)(=O)NC(=O)C[C@H]1CN(S(=O)(=O)c2cccc(C(F)(F)F)c2)c2cc(NC(=O)OC(C)(C)C)ccc2O1. The summed E-state index contributed by atoms with van der Waals surface area (Å²) in [5.41, 5.74) is -2.08. The average Bonchev–Trinajstić information content (AvgIpc) is 2.81. The molecule has 2 aromatic carbocycles. The molecule has 0 aromatic heterocycles. The highest BCUT2D eigenvalue weighted by Crippen LogP contribution is 2.40. The number of carbonyl (C=O) groups excluding carboxylic acids is 2. The Morgan fingerprint density at radius 1 is 1.07 bits per heavy atom. The largest absolute Gasteiger partial charge is 0.486 e. The molecule has 41 heavy (non-hydrogen) atoms. The highest BCUT2D eigenvalue weighted by Gasteiger charge is 2.38. The zero-order valence-electron chi connectivity index (χ0n) is 22.8. The van der Waals surface area contributed by atoms with Crippen molar-refractivity contribution in [1.82, 2.24) is 4.72 Å². The number of fused-ring (bicyclic) bond motifs is 1. The van der Waals surface area contributed by atoms with Gasteiger partial charge in [0.25, 0.3) is 10.0 Å². The molecule has 2 aromatic rings. The van der Waals surface area contributed by atoms with Gasteiger partial charge in [0.2, 0.25) is 15.9 Å². The Hall–Kier alpha value is -3.53. The fourth-order valence-corrected chi connectivity index (χ4v) is 5.81. The zero-order chi connectivity index (χ0) is 31.0. The summed E-state index contributed by atoms with van der Waals surface area (Å²) in [4.78, 5) is 24.1. The average molecular weight is 622 g/mol. The van der Waals surface area contributed by atoms with Crippen LogP contribution in [-0.2, 0) is 35.8 Å². The molecule has 0 radical (unpaired) electrons. The van der Waals surface area contributed by atoms with Gasteiger partial charge in [-0.1, -0.05) is 6.07 Å². The minimum Gasteiger partial charge on any atom is -0.486 e. The van der Waals surface area contributed by atoms with E-state index in [1.165, 1.54) is 32.0 Å². The number of halogens is 3. The van der Waals surface area contributed by atoms with E-state index in [2.05, 4.69) is 5.32 Å². The lowest BCUT2D eigenvalue weighted by Crippen LogP contribution is -2.46. The van der Waals surface area contributed by atoms with E-state index >= 15 is 0 Å². The summed E-state index contributed by atoms with van der Waals surface area (Å²) >= 11 is 0. The van der Waals surface area contributed by atoms with Crippen molar-refractivity contribution in [3.63, 3.8) is 0 Å². The van der Waals surface area contributed by atoms with Crippen molar-refractivity contribution in [2.75, 3.05) is 16.2 Å². The molecular formula is C25H30F3N3O8S2. The van der Waals surface area contributed by atoms with Gasteiger partial charge in [-0.2, -0.15) is 13.2 Å². The van der Waals surface area contributed by atoms with Gasteiger partial charge in [0.1, 0.15) is 17.5 Å². The number of anilines is 2. The number of sulfonamides is 2. The van der Waals surface area contributed by atoms with Gasteiger partial charge in [-0.15, -0.1) is 0 Å². The molecule has 1 heterocycles. The van der Waals surface area contributed by atoms with Crippen LogP contribution in [0.4, 0.5) is 29.3 Å². The molecule has 11 nitrogen and oxygen atoms in total. The molecule has 1 aliphatic heterocycles. The van der Waals surface area contributed by atoms with Crippen molar-refractivity contribution in [2.24, 2.45) is 0 Å². The van der Waals surface area contributed by atoms with Crippen molar-refractivity contribution in [3.05, 3.63) is 48.0 Å². The highest BCUT2D eigenvalue weighted by atomic mass is 32.2. The van der Waals surface area contributed by atoms with E-state index in [1.807, 2.05) is 4.72 Å². The third-order valence-corrected chi connectivity index (χ3v) is 9.10. The maximum Gasteiger partial charge on any atom is 0.416 e. The van der Waals surface area contributed by atoms with Crippen molar-refractivity contribution in [2.45, 2.75) is 69.1 Å². The number of nitrogens with zero attached hydrogens (tertiary/aromatic N) is 1. The van der Waals surface area contributed by atoms with Gasteiger partial charge >= 0.3 is 12.3 Å². The number of benzene rings is 2. The first-order valence-electron chi connectivity index (χ1n) is 12.2. The highest BCUT2D eigenvalue weighted by molar-refractivity contribution is 7.92. The van der Waals surface area contributed by atoms with Crippen molar-refractivity contribution >= 4 is 43.4 Å². The van der Waals surface area contributed by atoms with Crippen molar-refractivity contribution in [3.8, 4) is 5.75 Å². The fraction of sp³-hybridized carbons (Fsp3) is 0.440. The van der Waals surface area contributed by atoms with Crippen molar-refractivity contribution in [1.29, 1.82) is 0 Å². The number of rotatable bonds is 7. The number of alkyl halides is 3. The molecule has 0 aliphatic carbocycles. The van der Waals surface area contributed by atoms with Gasteiger partial charge < -0.3 is 9.47 Å². The molecule has 0 fully saturated rings. The van der Waals surface area contributed by atoms with Crippen molar-refractivity contribution < 1.29 is 49.1 Å². The maximum absolute atomic E-state index is 13.7. The summed E-state index contributed by atoms with van der Waals surface area (Å²) in [6.07, 6.45) is -7.46. The molecule has 0 saturated carbocycles. The molecule has 0 saturated heterocycles. The van der Waals surface area contributed by atoms with E-state index in [-0.39, 0.29) is 17.1 Å². The van der Waals surface area contributed by atoms with Crippen LogP contribution < -0.4 is 19.1 Å². The summed E-state index contributed by atoms with van der Waals surface area (Å²) in [7, 11) is -8.68. The Morgan fingerprint density at radius 2 is 1.73 bits per heavy atom. The van der Waals surface area contributed by atoms with Crippen LogP contribution in [0.25, 0.3) is 0 Å². The van der Waals surface area contributed by atoms with Crippen LogP contribution in [0.5, 0.6) is 5.75 Å². The van der Waals surface area contributed by atoms with E-state index in [0.717, 1.165) is 22.5 Å². The first-order chi connectivity index (χ1) is 18.7. The molecule has 3 rings (SSSR count). The minimum atomic E-state index is -4.82. The van der Waals surface area contributed by atoms with Crippen LogP contribution in [-0.4, -0.2) is 52.3 Å². The lowest BCUT2D eigenvalue weighted by molar-refractivity contribution is -0.137. The Bertz CT molecular complexity index is 1540. The zero-order valence-corrected chi connectivity index (χ0v) is 24.4. The number of ether oxygens (including phenoxy) is 2. The number of amides is 2. The third kappa shape index (κ3) is 8.03. The van der Waals surface area contributed by atoms with E-state index in [1.54, 1.807) is 20.8 Å². The maximum atomic E-state index is 13.7. The first-order valence-corrected chi connectivity index (χ1v) is 15.2. The number of hydrogen-bond donors (Lipinski definition) is 2. The monoisotopic (exact) mass is 621 g/mol. The molecule has 1 aliphatic rings. The van der Waals surface area contributed by atoms with Gasteiger partial charge in [-0.3, -0.25) is 19.1 Å². The Labute approximate surface area is 236 Å². The van der Waals surface area contributed by atoms with Gasteiger partial charge in [0.15, 0.2) is 0 Å². The Morgan fingerprint density at radius 3 is 2.32 bits per heavy atom. The summed E-state index contributed by atoms with van der Waals surface area (Å²) in [5, 5.41) is 1.53. The topological polar surface area (TPSA) is 148 Å². The van der Waals surface area contributed by atoms with E-state index in [9.17, 15) is 39.6 Å². The van der Waals surface area contributed by atoms with Crippen LogP contribution >= 0.6 is 0 Å². The van der Waals surface area contributed by atoms with Crippen LogP contribution in [0.3, 0.4) is 0 Å². The van der Waals surface area contributed by atoms with E-state index < -0.39 is 78.6 Å². The second-order valence-corrected chi connectivity index (χ2v) is 14.5. The summed E-state index contributed by atoms with van der Waals surface area (Å²) in [6, 6.07) is 7.01. The normalized spacial score (nSPS) is 16.0. The number of hydrogen-bond acceptors (Lipinski definition) is 8. The van der Waals surface area contributed by atoms with Gasteiger partial charge in [0.05, 0.1) is 34.4 Å². The standard InChI is InChI=1S/C25H30F3N3O8S2/c1-15(2)40(34,35)30-22(32)13-18-14-31(41(36,37)19-8-6-7-16(11-19)25(26,27)28)20-12-17(9-10-21(20)38-18)29-23(33)39-24(3,4)5/h6-12,15,18H,13-14H2,1-5H3,(H,29,33)(H,30,32)/t18-/m0/s1. The lowest BCUT2D eigenvalue weighted by Gasteiger charge is -2.35. The summed E-state index contributed by atoms with van der Waals surface area (Å²) < 4.78 is 105. The van der Waals surface area contributed by atoms with Gasteiger partial charge in [-0.25, -0.2) is 21.6 Å². The number of nitrogens with one attached hydrogen (secondary N) is 2. The smallest absolute Gasteiger partial charge is 0.416 e. The Balaban J connectivity index is 2.02. The predicted octanol–water partition coefficient (Wildman–Crippen LogP) is 4.25. The van der Waals surface area contributed by atoms with Crippen LogP contribution in [0, 0.1) is 0 Å². The lowest BCUT2D eigenvalue weighted by atomic mass is 10.1. The second-order valence-electron chi connectivity index (χ2n) is 10.4. The predicted molar refractivity (Wildman–Crippen MR) is 144 cm³/mol. The van der Waals surface area contributed by atoms with E-state index in [0.29, 0.717) is 6.07 Å². The molecule has 0 spiro atoms. The molecular weight excluding hydrogens is 591 g/mol. The van der Waals surface area contributed by atoms with Crippen LogP contribution in [0.15, 0.2) is 47.4 Å². The summed E-state index contributed by atoms with van der Waals surface area (Å²) in [6.45, 7) is 7.07. The van der Waals surface area contributed by atoms with Gasteiger partial charge in [0, 0.05) is 5.69 Å².